The van der Waals surface area contributed by atoms with Crippen LogP contribution in [0.1, 0.15) is 20.3 Å². The molecule has 5 aromatic rings. The van der Waals surface area contributed by atoms with Crippen molar-refractivity contribution in [2.75, 3.05) is 26.2 Å². The van der Waals surface area contributed by atoms with E-state index in [1.165, 1.54) is 6.07 Å². The third kappa shape index (κ3) is 4.09. The van der Waals surface area contributed by atoms with Crippen LogP contribution in [-0.2, 0) is 10.2 Å². The first kappa shape index (κ1) is 24.2. The number of pyridine rings is 2. The number of hydrogen-bond donors (Lipinski definition) is 2. The van der Waals surface area contributed by atoms with E-state index in [-0.39, 0.29) is 33.8 Å². The molecule has 0 fully saturated rings. The number of H-pyrrole nitrogens is 1. The number of fused-ring (bicyclic) bond motifs is 4. The minimum atomic E-state index is -4.07. The summed E-state index contributed by atoms with van der Waals surface area (Å²) >= 11 is 0. The van der Waals surface area contributed by atoms with Gasteiger partial charge >= 0.3 is 10.2 Å². The summed E-state index contributed by atoms with van der Waals surface area (Å²) < 4.78 is 31.1. The van der Waals surface area contributed by atoms with Crippen LogP contribution in [0.4, 0.5) is 0 Å². The fourth-order valence-electron chi connectivity index (χ4n) is 4.79. The van der Waals surface area contributed by atoms with E-state index in [1.54, 1.807) is 48.5 Å². The number of aromatic amines is 1. The van der Waals surface area contributed by atoms with Crippen molar-refractivity contribution in [1.82, 2.24) is 18.6 Å². The van der Waals surface area contributed by atoms with Crippen molar-refractivity contribution in [3.8, 4) is 0 Å². The Morgan fingerprint density at radius 2 is 1.47 bits per heavy atom. The van der Waals surface area contributed by atoms with E-state index in [0.29, 0.717) is 33.6 Å². The molecule has 0 spiro atoms. The van der Waals surface area contributed by atoms with Gasteiger partial charge < -0.3 is 9.88 Å². The highest BCUT2D eigenvalue weighted by Gasteiger charge is 2.21. The topological polar surface area (TPSA) is 104 Å². The minimum absolute atomic E-state index is 0.170. The van der Waals surface area contributed by atoms with Gasteiger partial charge in [-0.15, -0.1) is 0 Å². The molecule has 5 rings (SSSR count). The van der Waals surface area contributed by atoms with E-state index in [0.717, 1.165) is 23.6 Å². The lowest BCUT2D eigenvalue weighted by atomic mass is 10.1. The number of nitrogens with one attached hydrogen (secondary N) is 2. The minimum Gasteiger partial charge on any atom is -0.354 e. The average molecular weight is 505 g/mol. The summed E-state index contributed by atoms with van der Waals surface area (Å²) in [7, 11) is -4.07. The van der Waals surface area contributed by atoms with Gasteiger partial charge in [-0.1, -0.05) is 38.1 Å². The molecular weight excluding hydrogens is 476 g/mol. The smallest absolute Gasteiger partial charge is 0.305 e. The van der Waals surface area contributed by atoms with Crippen LogP contribution in [0.25, 0.3) is 43.6 Å². The number of benzene rings is 3. The lowest BCUT2D eigenvalue weighted by Gasteiger charge is -2.19. The van der Waals surface area contributed by atoms with Gasteiger partial charge in [0.05, 0.1) is 16.6 Å². The molecule has 9 heteroatoms. The highest BCUT2D eigenvalue weighted by Crippen LogP contribution is 2.25. The maximum Gasteiger partial charge on any atom is 0.305 e. The molecule has 2 aromatic heterocycles. The zero-order valence-corrected chi connectivity index (χ0v) is 21.1. The molecule has 2 heterocycles. The Bertz CT molecular complexity index is 1840. The van der Waals surface area contributed by atoms with Crippen molar-refractivity contribution < 1.29 is 8.42 Å². The normalized spacial score (nSPS) is 12.4. The van der Waals surface area contributed by atoms with Gasteiger partial charge in [0.15, 0.2) is 10.9 Å². The molecule has 0 unspecified atom stereocenters. The second-order valence-corrected chi connectivity index (χ2v) is 10.4. The SMILES string of the molecule is CCN(CC)CCCNS(=O)(=O)n1c2ccccc2c(=O)c2cc3[nH]c4ccccc4c(=O)c3cc21. The summed E-state index contributed by atoms with van der Waals surface area (Å²) in [5, 5.41) is 1.33. The van der Waals surface area contributed by atoms with E-state index >= 15 is 0 Å². The third-order valence-corrected chi connectivity index (χ3v) is 8.17. The molecule has 0 aliphatic heterocycles. The molecule has 0 bridgehead atoms. The number of hydrogen-bond acceptors (Lipinski definition) is 5. The lowest BCUT2D eigenvalue weighted by Crippen LogP contribution is -2.34. The largest absolute Gasteiger partial charge is 0.354 e. The van der Waals surface area contributed by atoms with Gasteiger partial charge in [-0.3, -0.25) is 9.59 Å². The molecule has 186 valence electrons. The van der Waals surface area contributed by atoms with E-state index < -0.39 is 10.2 Å². The van der Waals surface area contributed by atoms with Crippen LogP contribution in [0.5, 0.6) is 0 Å². The lowest BCUT2D eigenvalue weighted by molar-refractivity contribution is 0.300. The van der Waals surface area contributed by atoms with E-state index in [4.69, 9.17) is 0 Å². The maximum absolute atomic E-state index is 13.6. The summed E-state index contributed by atoms with van der Waals surface area (Å²) in [4.78, 5) is 32.2. The fourth-order valence-corrected chi connectivity index (χ4v) is 6.15. The average Bonchev–Trinajstić information content (AvgIpc) is 2.88. The van der Waals surface area contributed by atoms with E-state index in [1.807, 2.05) is 6.07 Å². The molecule has 0 saturated heterocycles. The first-order valence-corrected chi connectivity index (χ1v) is 13.5. The van der Waals surface area contributed by atoms with Crippen molar-refractivity contribution in [2.24, 2.45) is 0 Å². The number of para-hydroxylation sites is 2. The van der Waals surface area contributed by atoms with Gasteiger partial charge in [0.2, 0.25) is 0 Å². The van der Waals surface area contributed by atoms with E-state index in [9.17, 15) is 18.0 Å². The van der Waals surface area contributed by atoms with Gasteiger partial charge in [-0.25, -0.2) is 3.97 Å². The molecule has 3 aromatic carbocycles. The quantitative estimate of drug-likeness (QED) is 0.248. The molecule has 0 aliphatic rings. The second-order valence-electron chi connectivity index (χ2n) is 8.81. The third-order valence-electron chi connectivity index (χ3n) is 6.72. The Hall–Kier alpha value is -3.53. The predicted octanol–water partition coefficient (Wildman–Crippen LogP) is 3.56. The highest BCUT2D eigenvalue weighted by molar-refractivity contribution is 7.88. The first-order chi connectivity index (χ1) is 17.4. The Morgan fingerprint density at radius 1 is 0.806 bits per heavy atom. The standard InChI is InChI=1S/C27H28N4O4S/c1-3-30(4-2)15-9-14-28-36(34,35)31-24-13-8-6-11-19(24)27(33)21-16-23-20(17-25(21)31)26(32)18-10-5-7-12-22(18)29-23/h5-8,10-13,16-17,28H,3-4,9,14-15H2,1-2H3,(H,29,32). The molecule has 0 atom stereocenters. The van der Waals surface area contributed by atoms with Crippen LogP contribution in [-0.4, -0.2) is 48.5 Å². The molecule has 2 N–H and O–H groups in total. The molecule has 0 saturated carbocycles. The van der Waals surface area contributed by atoms with Crippen LogP contribution in [0, 0.1) is 0 Å². The van der Waals surface area contributed by atoms with Crippen molar-refractivity contribution >= 4 is 53.8 Å². The summed E-state index contributed by atoms with van der Waals surface area (Å²) in [6.07, 6.45) is 0.644. The Labute approximate surface area is 208 Å². The molecule has 36 heavy (non-hydrogen) atoms. The molecule has 8 nitrogen and oxygen atoms in total. The molecule has 0 radical (unpaired) electrons. The Kier molecular flexibility index (Phi) is 6.38. The zero-order valence-electron chi connectivity index (χ0n) is 20.2. The summed E-state index contributed by atoms with van der Waals surface area (Å²) in [6, 6.07) is 16.9. The Balaban J connectivity index is 1.74. The highest BCUT2D eigenvalue weighted by atomic mass is 32.2. The van der Waals surface area contributed by atoms with Crippen molar-refractivity contribution in [1.29, 1.82) is 0 Å². The van der Waals surface area contributed by atoms with Crippen LogP contribution >= 0.6 is 0 Å². The zero-order chi connectivity index (χ0) is 25.4. The fraction of sp³-hybridized carbons (Fsp3) is 0.259. The maximum atomic E-state index is 13.6. The number of nitrogens with zero attached hydrogens (tertiary/aromatic N) is 2. The predicted molar refractivity (Wildman–Crippen MR) is 146 cm³/mol. The molecular formula is C27H28N4O4S. The monoisotopic (exact) mass is 504 g/mol. The molecule has 0 aliphatic carbocycles. The number of rotatable bonds is 8. The van der Waals surface area contributed by atoms with Crippen molar-refractivity contribution in [3.63, 3.8) is 0 Å². The van der Waals surface area contributed by atoms with Gasteiger partial charge in [0.1, 0.15) is 0 Å². The van der Waals surface area contributed by atoms with Crippen molar-refractivity contribution in [2.45, 2.75) is 20.3 Å². The van der Waals surface area contributed by atoms with Gasteiger partial charge in [-0.2, -0.15) is 13.1 Å². The summed E-state index contributed by atoms with van der Waals surface area (Å²) in [5.74, 6) is 0. The number of aromatic nitrogens is 2. The Morgan fingerprint density at radius 3 is 2.22 bits per heavy atom. The first-order valence-electron chi connectivity index (χ1n) is 12.1. The second kappa shape index (κ2) is 9.50. The van der Waals surface area contributed by atoms with Gasteiger partial charge in [0.25, 0.3) is 0 Å². The van der Waals surface area contributed by atoms with Crippen LogP contribution in [0.2, 0.25) is 0 Å². The van der Waals surface area contributed by atoms with Crippen molar-refractivity contribution in [3.05, 3.63) is 81.1 Å². The van der Waals surface area contributed by atoms with E-state index in [2.05, 4.69) is 28.5 Å². The summed E-state index contributed by atoms with van der Waals surface area (Å²) in [5.41, 5.74) is 1.06. The van der Waals surface area contributed by atoms with Crippen LogP contribution in [0.3, 0.4) is 0 Å². The van der Waals surface area contributed by atoms with Gasteiger partial charge in [0, 0.05) is 33.6 Å². The molecule has 0 amide bonds. The summed E-state index contributed by atoms with van der Waals surface area (Å²) in [6.45, 7) is 6.96. The van der Waals surface area contributed by atoms with Crippen LogP contribution < -0.4 is 15.6 Å². The van der Waals surface area contributed by atoms with Gasteiger partial charge in [-0.05, 0) is 62.5 Å². The van der Waals surface area contributed by atoms with Crippen LogP contribution in [0.15, 0.2) is 70.3 Å².